The molecule has 0 saturated heterocycles. The van der Waals surface area contributed by atoms with E-state index in [9.17, 15) is 47.9 Å². The van der Waals surface area contributed by atoms with E-state index in [1.807, 2.05) is 154 Å². The van der Waals surface area contributed by atoms with E-state index in [4.69, 9.17) is 83.5 Å². The number of hydrogen-bond donors (Lipinski definition) is 10. The van der Waals surface area contributed by atoms with Crippen molar-refractivity contribution in [2.45, 2.75) is 178 Å². The zero-order valence-corrected chi connectivity index (χ0v) is 88.7. The van der Waals surface area contributed by atoms with Gasteiger partial charge in [0, 0.05) is 26.9 Å². The normalized spacial score (nSPS) is 12.1. The molecular formula is C104H106Cl5N15O15S5. The summed E-state index contributed by atoms with van der Waals surface area (Å²) in [5.74, 6) is -6.41. The third-order valence-corrected chi connectivity index (χ3v) is 30.0. The number of rotatable bonds is 33. The summed E-state index contributed by atoms with van der Waals surface area (Å²) in [7, 11) is 0. The first-order chi connectivity index (χ1) is 68.1. The number of fused-ring (bicyclic) bond motifs is 5. The van der Waals surface area contributed by atoms with Gasteiger partial charge >= 0.3 is 29.8 Å². The van der Waals surface area contributed by atoms with Crippen molar-refractivity contribution in [3.05, 3.63) is 267 Å². The van der Waals surface area contributed by atoms with Crippen LogP contribution in [0.15, 0.2) is 245 Å². The van der Waals surface area contributed by atoms with Crippen LogP contribution in [0.3, 0.4) is 0 Å². The molecule has 0 atom stereocenters. The minimum absolute atomic E-state index is 0.368. The minimum Gasteiger partial charge on any atom is -0.480 e. The number of halogens is 5. The molecule has 1 fully saturated rings. The lowest BCUT2D eigenvalue weighted by Gasteiger charge is -2.23. The Morgan fingerprint density at radius 2 is 0.583 bits per heavy atom. The number of aryl methyl sites for hydroxylation is 2. The van der Waals surface area contributed by atoms with Gasteiger partial charge in [0.15, 0.2) is 25.8 Å². The molecule has 752 valence electrons. The molecule has 0 radical (unpaired) electrons. The van der Waals surface area contributed by atoms with Crippen LogP contribution in [0, 0.1) is 6.92 Å². The number of nitrogens with one attached hydrogen (secondary N) is 5. The zero-order valence-electron chi connectivity index (χ0n) is 80.8. The van der Waals surface area contributed by atoms with Gasteiger partial charge in [0.1, 0.15) is 58.5 Å². The largest absolute Gasteiger partial charge is 0.480 e. The van der Waals surface area contributed by atoms with Crippen molar-refractivity contribution >= 4 is 230 Å². The van der Waals surface area contributed by atoms with Crippen LogP contribution < -0.4 is 26.6 Å². The summed E-state index contributed by atoms with van der Waals surface area (Å²) in [6, 6.07) is 62.8. The second-order valence-electron chi connectivity index (χ2n) is 35.9. The number of carbonyl (C=O) groups excluding carboxylic acids is 5. The first kappa shape index (κ1) is 110. The number of carbonyl (C=O) groups is 10. The number of imidazole rings is 5. The van der Waals surface area contributed by atoms with Crippen molar-refractivity contribution < 1.29 is 73.5 Å². The lowest BCUT2D eigenvalue weighted by atomic mass is 9.95. The van der Waals surface area contributed by atoms with E-state index in [-0.39, 0.29) is 23.6 Å². The lowest BCUT2D eigenvalue weighted by molar-refractivity contribution is -0.138. The van der Waals surface area contributed by atoms with E-state index in [0.717, 1.165) is 88.9 Å². The fourth-order valence-corrected chi connectivity index (χ4v) is 21.8. The third-order valence-electron chi connectivity index (χ3n) is 22.9. The van der Waals surface area contributed by atoms with Crippen molar-refractivity contribution in [2.75, 3.05) is 32.7 Å². The van der Waals surface area contributed by atoms with Crippen LogP contribution in [0.5, 0.6) is 0 Å². The van der Waals surface area contributed by atoms with Crippen LogP contribution in [-0.2, 0) is 54.4 Å². The highest BCUT2D eigenvalue weighted by Crippen LogP contribution is 2.48. The molecule has 5 aromatic heterocycles. The molecular weight excluding hydrogens is 2040 g/mol. The van der Waals surface area contributed by atoms with Crippen LogP contribution in [0.2, 0.25) is 25.8 Å². The first-order valence-electron chi connectivity index (χ1n) is 45.3. The molecule has 15 aromatic rings. The third kappa shape index (κ3) is 26.8. The maximum absolute atomic E-state index is 12.5. The van der Waals surface area contributed by atoms with Crippen LogP contribution in [0.1, 0.15) is 137 Å². The smallest absolute Gasteiger partial charge is 0.322 e. The van der Waals surface area contributed by atoms with Crippen LogP contribution in [0.4, 0.5) is 0 Å². The maximum Gasteiger partial charge on any atom is 0.322 e. The number of hydrogen-bond acceptors (Lipinski definition) is 20. The molecule has 1 saturated carbocycles. The molecule has 16 rings (SSSR count). The summed E-state index contributed by atoms with van der Waals surface area (Å²) < 4.78 is 4.38. The number of amides is 5. The predicted octanol–water partition coefficient (Wildman–Crippen LogP) is 21.6. The van der Waals surface area contributed by atoms with Gasteiger partial charge in [-0.3, -0.25) is 70.8 Å². The van der Waals surface area contributed by atoms with Crippen molar-refractivity contribution in [1.82, 2.24) is 74.3 Å². The molecule has 40 heteroatoms. The average molecular weight is 2140 g/mol. The Labute approximate surface area is 876 Å². The zero-order chi connectivity index (χ0) is 105. The van der Waals surface area contributed by atoms with Gasteiger partial charge in [-0.2, -0.15) is 0 Å². The average Bonchev–Trinajstić information content (AvgIpc) is 1.59. The summed E-state index contributed by atoms with van der Waals surface area (Å²) in [6.45, 7) is 23.6. The summed E-state index contributed by atoms with van der Waals surface area (Å²) >= 11 is 38.5. The van der Waals surface area contributed by atoms with Gasteiger partial charge in [-0.05, 0) is 187 Å². The van der Waals surface area contributed by atoms with Crippen molar-refractivity contribution in [3.8, 4) is 28.4 Å². The molecule has 5 heterocycles. The maximum atomic E-state index is 12.5. The Kier molecular flexibility index (Phi) is 36.4. The molecule has 10 aromatic carbocycles. The van der Waals surface area contributed by atoms with E-state index in [1.54, 1.807) is 103 Å². The molecule has 1 aliphatic rings. The molecule has 144 heavy (non-hydrogen) atoms. The first-order valence-corrected chi connectivity index (χ1v) is 51.2. The molecule has 0 spiro atoms. The van der Waals surface area contributed by atoms with Gasteiger partial charge in [0.2, 0.25) is 29.5 Å². The van der Waals surface area contributed by atoms with Gasteiger partial charge < -0.3 is 52.1 Å². The van der Waals surface area contributed by atoms with Gasteiger partial charge in [-0.15, -0.1) is 0 Å². The monoisotopic (exact) mass is 2140 g/mol. The number of carboxylic acids is 5. The topological polar surface area (TPSA) is 421 Å². The fourth-order valence-electron chi connectivity index (χ4n) is 15.4. The molecule has 0 aliphatic heterocycles. The highest BCUT2D eigenvalue weighted by atomic mass is 35.5. The number of carboxylic acid groups (broad SMARTS) is 5. The summed E-state index contributed by atoms with van der Waals surface area (Å²) in [6.07, 6.45) is 11.1. The Morgan fingerprint density at radius 3 is 0.910 bits per heavy atom. The van der Waals surface area contributed by atoms with E-state index < -0.39 is 92.2 Å². The van der Waals surface area contributed by atoms with Gasteiger partial charge in [-0.1, -0.05) is 295 Å². The number of aromatic nitrogens is 10. The Bertz CT molecular complexity index is 7220. The second kappa shape index (κ2) is 47.5. The number of aliphatic carboxylic acids is 5. The van der Waals surface area contributed by atoms with Crippen molar-refractivity contribution in [2.24, 2.45) is 0 Å². The number of benzene rings is 10. The number of thioether (sulfide) groups is 5. The summed E-state index contributed by atoms with van der Waals surface area (Å²) in [5, 5.41) is 71.9. The highest BCUT2D eigenvalue weighted by Gasteiger charge is 2.39. The fraction of sp³-hybridized carbons (Fsp3) is 0.279. The van der Waals surface area contributed by atoms with E-state index in [0.29, 0.717) is 63.4 Å². The SMILES string of the molecule is CC(C)(Sc1ncc(Cl)n1-c1ccc(C2CC2)c2ccccc12)C(=O)NCC(=O)O.CC(C)(Sc1ncc(Cl)n1-c1cccc2ccccc12)C(=O)NCC(=O)O.CC(C)c1ccc(-n2c(Cl)cnc2SC(C)(C)C(=O)NCC(=O)O)c2ccccc12.CCc1ccc(-n2c(Cl)cnc2SC(C)(C)C(=O)NCC(=O)O)c2ccccc12.Cc1ccc(-n2c(Cl)cnc2SC(C)(C)C(=O)NCC(=O)O)c2ccccc12. The van der Waals surface area contributed by atoms with Crippen LogP contribution >= 0.6 is 117 Å². The minimum atomic E-state index is -1.09. The predicted molar refractivity (Wildman–Crippen MR) is 573 cm³/mol. The Balaban J connectivity index is 0.000000161. The molecule has 30 nitrogen and oxygen atoms in total. The summed E-state index contributed by atoms with van der Waals surface area (Å²) in [5.41, 5.74) is 9.38. The van der Waals surface area contributed by atoms with Gasteiger partial charge in [0.05, 0.1) is 83.2 Å². The molecule has 0 unspecified atom stereocenters. The quantitative estimate of drug-likeness (QED) is 0.0171. The summed E-state index contributed by atoms with van der Waals surface area (Å²) in [4.78, 5) is 138. The standard InChI is InChI=1S/C22H22ClN3O3S.C22H24ClN3O3S.C21H22ClN3O3S.C20H20ClN3O3S.C19H18ClN3O3S/c1-22(2,20(29)24-12-19(27)28)30-21-25-11-18(23)26(21)17-10-9-14(13-7-8-13)15-5-3-4-6-16(15)17;1-13(2)14-9-10-17(16-8-6-5-7-15(14)16)26-18(23)11-25-21(26)30-22(3,4)20(29)24-12-19(27)28;1-4-13-9-10-16(15-8-6-5-7-14(13)15)25-17(22)11-24-20(25)29-21(2,3)19(28)23-12-18(26)27;1-12-8-9-15(14-7-5-4-6-13(12)14)24-16(21)10-23-19(24)28-20(2,3)18(27)22-11-17(25)26;1-19(2,17(26)21-11-16(24)25)27-18-22-10-15(20)23(18)14-9-5-7-12-6-3-4-8-13(12)14/h3-6,9-11,13H,7-8,12H2,1-2H3,(H,24,29)(H,27,28);5-11,13H,12H2,1-4H3,(H,24,29)(H,27,28);5-11H,4,12H2,1-3H3,(H,23,28)(H,26,27);4-10H,11H2,1-3H3,(H,22,27)(H,25,26);3-10H,11H2,1-2H3,(H,21,26)(H,24,25). The molecule has 10 N–H and O–H groups in total. The van der Waals surface area contributed by atoms with Crippen molar-refractivity contribution in [1.29, 1.82) is 0 Å². The lowest BCUT2D eigenvalue weighted by Crippen LogP contribution is -2.42. The van der Waals surface area contributed by atoms with Gasteiger partial charge in [0.25, 0.3) is 0 Å². The van der Waals surface area contributed by atoms with Crippen LogP contribution in [0.25, 0.3) is 82.3 Å². The molecule has 1 aliphatic carbocycles. The van der Waals surface area contributed by atoms with E-state index >= 15 is 0 Å². The highest BCUT2D eigenvalue weighted by molar-refractivity contribution is 8.02. The molecule has 0 bridgehead atoms. The Hall–Kier alpha value is -12.6. The van der Waals surface area contributed by atoms with E-state index in [1.165, 1.54) is 99.9 Å². The second-order valence-corrected chi connectivity index (χ2v) is 45.8. The van der Waals surface area contributed by atoms with Crippen molar-refractivity contribution in [3.63, 3.8) is 0 Å². The van der Waals surface area contributed by atoms with Gasteiger partial charge in [-0.25, -0.2) is 24.9 Å². The Morgan fingerprint density at radius 1 is 0.326 bits per heavy atom. The van der Waals surface area contributed by atoms with E-state index in [2.05, 4.69) is 127 Å². The molecule has 5 amide bonds. The van der Waals surface area contributed by atoms with Crippen LogP contribution in [-0.4, -0.2) is 189 Å². The number of nitrogens with zero attached hydrogens (tertiary/aromatic N) is 10.